The van der Waals surface area contributed by atoms with Gasteiger partial charge in [-0.15, -0.1) is 0 Å². The lowest BCUT2D eigenvalue weighted by Gasteiger charge is -2.09. The van der Waals surface area contributed by atoms with Gasteiger partial charge in [-0.25, -0.2) is 8.42 Å². The zero-order valence-corrected chi connectivity index (χ0v) is 12.1. The van der Waals surface area contributed by atoms with Gasteiger partial charge in [-0.1, -0.05) is 36.4 Å². The summed E-state index contributed by atoms with van der Waals surface area (Å²) in [5, 5.41) is 0. The van der Waals surface area contributed by atoms with E-state index in [1.165, 1.54) is 6.07 Å². The highest BCUT2D eigenvalue weighted by Crippen LogP contribution is 2.21. The van der Waals surface area contributed by atoms with Crippen molar-refractivity contribution < 1.29 is 13.2 Å². The fraction of sp³-hybridized carbons (Fsp3) is 0.200. The van der Waals surface area contributed by atoms with Crippen molar-refractivity contribution in [1.82, 2.24) is 0 Å². The molecule has 20 heavy (non-hydrogen) atoms. The lowest BCUT2D eigenvalue weighted by molar-refractivity contribution is 0.163. The van der Waals surface area contributed by atoms with E-state index in [2.05, 4.69) is 0 Å². The van der Waals surface area contributed by atoms with Crippen LogP contribution in [0.5, 0.6) is 0 Å². The normalized spacial score (nSPS) is 11.4. The van der Waals surface area contributed by atoms with Gasteiger partial charge in [0, 0.05) is 0 Å². The number of benzene rings is 2. The third kappa shape index (κ3) is 3.59. The Balaban J connectivity index is 2.04. The molecule has 0 unspecified atom stereocenters. The minimum Gasteiger partial charge on any atom is -0.398 e. The van der Waals surface area contributed by atoms with E-state index in [-0.39, 0.29) is 23.1 Å². The Bertz CT molecular complexity index is 682. The second-order valence-corrected chi connectivity index (χ2v) is 6.51. The average molecular weight is 291 g/mol. The van der Waals surface area contributed by atoms with Crippen molar-refractivity contribution in [2.45, 2.75) is 18.4 Å². The van der Waals surface area contributed by atoms with E-state index in [0.717, 1.165) is 11.1 Å². The first kappa shape index (κ1) is 14.6. The van der Waals surface area contributed by atoms with E-state index in [9.17, 15) is 8.42 Å². The van der Waals surface area contributed by atoms with Crippen LogP contribution in [0.25, 0.3) is 0 Å². The third-order valence-corrected chi connectivity index (χ3v) is 4.37. The number of nitrogen functional groups attached to an aromatic ring is 1. The number of rotatable bonds is 5. The molecule has 2 N–H and O–H groups in total. The van der Waals surface area contributed by atoms with E-state index < -0.39 is 9.84 Å². The summed E-state index contributed by atoms with van der Waals surface area (Å²) in [4.78, 5) is 0.121. The predicted octanol–water partition coefficient (Wildman–Crippen LogP) is 2.53. The second kappa shape index (κ2) is 6.07. The van der Waals surface area contributed by atoms with Crippen LogP contribution in [0.2, 0.25) is 0 Å². The molecule has 0 aromatic heterocycles. The van der Waals surface area contributed by atoms with Gasteiger partial charge in [0.05, 0.1) is 17.2 Å². The molecule has 2 aromatic rings. The molecular formula is C15H17NO3S. The van der Waals surface area contributed by atoms with Crippen LogP contribution in [0.3, 0.4) is 0 Å². The Morgan fingerprint density at radius 1 is 1.10 bits per heavy atom. The van der Waals surface area contributed by atoms with Gasteiger partial charge in [0.1, 0.15) is 0 Å². The summed E-state index contributed by atoms with van der Waals surface area (Å²) in [6, 6.07) is 14.3. The van der Waals surface area contributed by atoms with Gasteiger partial charge >= 0.3 is 0 Å². The summed E-state index contributed by atoms with van der Waals surface area (Å²) in [7, 11) is -3.53. The average Bonchev–Trinajstić information content (AvgIpc) is 2.39. The Labute approximate surface area is 119 Å². The first-order valence-electron chi connectivity index (χ1n) is 6.19. The van der Waals surface area contributed by atoms with Gasteiger partial charge in [0.15, 0.2) is 5.94 Å². The number of anilines is 1. The minimum absolute atomic E-state index is 0.121. The van der Waals surface area contributed by atoms with Gasteiger partial charge in [0.2, 0.25) is 9.84 Å². The highest BCUT2D eigenvalue weighted by Gasteiger charge is 2.17. The summed E-state index contributed by atoms with van der Waals surface area (Å²) in [5.41, 5.74) is 7.87. The molecule has 0 aliphatic carbocycles. The van der Waals surface area contributed by atoms with E-state index in [1.54, 1.807) is 12.1 Å². The van der Waals surface area contributed by atoms with E-state index >= 15 is 0 Å². The van der Waals surface area contributed by atoms with Crippen LogP contribution < -0.4 is 5.73 Å². The maximum atomic E-state index is 12.1. The van der Waals surface area contributed by atoms with Crippen molar-refractivity contribution in [1.29, 1.82) is 0 Å². The Morgan fingerprint density at radius 2 is 1.80 bits per heavy atom. The molecule has 4 nitrogen and oxygen atoms in total. The minimum atomic E-state index is -3.53. The summed E-state index contributed by atoms with van der Waals surface area (Å²) >= 11 is 0. The fourth-order valence-electron chi connectivity index (χ4n) is 1.86. The summed E-state index contributed by atoms with van der Waals surface area (Å²) in [5.74, 6) is -0.380. The number of sulfone groups is 1. The number of nitrogens with two attached hydrogens (primary N) is 1. The number of ether oxygens (including phenoxy) is 1. The summed E-state index contributed by atoms with van der Waals surface area (Å²) in [6.07, 6.45) is 0. The molecule has 0 bridgehead atoms. The van der Waals surface area contributed by atoms with Gasteiger partial charge in [0.25, 0.3) is 0 Å². The lowest BCUT2D eigenvalue weighted by Crippen LogP contribution is -2.12. The summed E-state index contributed by atoms with van der Waals surface area (Å²) < 4.78 is 29.6. The zero-order chi connectivity index (χ0) is 14.6. The third-order valence-electron chi connectivity index (χ3n) is 2.85. The van der Waals surface area contributed by atoms with Crippen molar-refractivity contribution in [3.63, 3.8) is 0 Å². The monoisotopic (exact) mass is 291 g/mol. The second-order valence-electron chi connectivity index (χ2n) is 4.61. The number of hydrogen-bond acceptors (Lipinski definition) is 4. The molecule has 0 radical (unpaired) electrons. The smallest absolute Gasteiger partial charge is 0.204 e. The van der Waals surface area contributed by atoms with E-state index in [1.807, 2.05) is 37.3 Å². The quantitative estimate of drug-likeness (QED) is 0.859. The molecule has 106 valence electrons. The highest BCUT2D eigenvalue weighted by atomic mass is 32.2. The molecule has 0 saturated carbocycles. The van der Waals surface area contributed by atoms with Gasteiger partial charge in [-0.2, -0.15) is 0 Å². The molecule has 0 aliphatic rings. The fourth-order valence-corrected chi connectivity index (χ4v) is 2.98. The maximum Gasteiger partial charge on any atom is 0.204 e. The van der Waals surface area contributed by atoms with Crippen molar-refractivity contribution in [3.8, 4) is 0 Å². The largest absolute Gasteiger partial charge is 0.398 e. The molecule has 0 amide bonds. The van der Waals surface area contributed by atoms with E-state index in [0.29, 0.717) is 0 Å². The molecule has 0 fully saturated rings. The van der Waals surface area contributed by atoms with Gasteiger partial charge < -0.3 is 10.5 Å². The first-order chi connectivity index (χ1) is 9.49. The predicted molar refractivity (Wildman–Crippen MR) is 78.9 cm³/mol. The molecule has 2 rings (SSSR count). The number of hydrogen-bond donors (Lipinski definition) is 1. The lowest BCUT2D eigenvalue weighted by atomic mass is 10.2. The van der Waals surface area contributed by atoms with Crippen LogP contribution in [-0.2, 0) is 21.2 Å². The Hall–Kier alpha value is -1.85. The van der Waals surface area contributed by atoms with Crippen LogP contribution in [0.15, 0.2) is 53.4 Å². The Kier molecular flexibility index (Phi) is 4.42. The van der Waals surface area contributed by atoms with Gasteiger partial charge in [-0.05, 0) is 30.2 Å². The van der Waals surface area contributed by atoms with Crippen LogP contribution in [0.4, 0.5) is 5.69 Å². The topological polar surface area (TPSA) is 69.4 Å². The maximum absolute atomic E-state index is 12.1. The van der Waals surface area contributed by atoms with Crippen molar-refractivity contribution in [2.24, 2.45) is 0 Å². The van der Waals surface area contributed by atoms with Crippen molar-refractivity contribution >= 4 is 15.5 Å². The molecule has 2 aromatic carbocycles. The van der Waals surface area contributed by atoms with Crippen molar-refractivity contribution in [2.75, 3.05) is 11.7 Å². The molecule has 0 spiro atoms. The van der Waals surface area contributed by atoms with Crippen LogP contribution in [0, 0.1) is 6.92 Å². The molecule has 0 atom stereocenters. The van der Waals surface area contributed by atoms with Crippen LogP contribution in [0.1, 0.15) is 11.1 Å². The van der Waals surface area contributed by atoms with Crippen LogP contribution in [-0.4, -0.2) is 14.4 Å². The standard InChI is InChI=1S/C15H17NO3S/c1-12-7-8-15(14(16)9-12)20(17,18)11-19-10-13-5-3-2-4-6-13/h2-9H,10-11,16H2,1H3. The zero-order valence-electron chi connectivity index (χ0n) is 11.2. The van der Waals surface area contributed by atoms with Gasteiger partial charge in [-0.3, -0.25) is 0 Å². The molecule has 0 aliphatic heterocycles. The number of aryl methyl sites for hydroxylation is 1. The molecule has 5 heteroatoms. The molecular weight excluding hydrogens is 274 g/mol. The Morgan fingerprint density at radius 3 is 2.45 bits per heavy atom. The SMILES string of the molecule is Cc1ccc(S(=O)(=O)COCc2ccccc2)c(N)c1. The first-order valence-corrected chi connectivity index (χ1v) is 7.85. The molecule has 0 saturated heterocycles. The van der Waals surface area contributed by atoms with E-state index in [4.69, 9.17) is 10.5 Å². The molecule has 0 heterocycles. The van der Waals surface area contributed by atoms with Crippen LogP contribution >= 0.6 is 0 Å². The summed E-state index contributed by atoms with van der Waals surface area (Å²) in [6.45, 7) is 2.12. The van der Waals surface area contributed by atoms with Crippen molar-refractivity contribution in [3.05, 3.63) is 59.7 Å². The highest BCUT2D eigenvalue weighted by molar-refractivity contribution is 7.91.